The average Bonchev–Trinajstić information content (AvgIpc) is 3.89. The van der Waals surface area contributed by atoms with Gasteiger partial charge in [0.05, 0.1) is 44.9 Å². The summed E-state index contributed by atoms with van der Waals surface area (Å²) in [7, 11) is 0. The van der Waals surface area contributed by atoms with E-state index in [0.717, 1.165) is 37.0 Å². The molecule has 0 spiro atoms. The second kappa shape index (κ2) is 23.1. The first kappa shape index (κ1) is 58.0. The second-order valence-corrected chi connectivity index (χ2v) is 23.6. The maximum absolute atomic E-state index is 14.7. The van der Waals surface area contributed by atoms with Gasteiger partial charge in [-0.3, -0.25) is 4.79 Å². The summed E-state index contributed by atoms with van der Waals surface area (Å²) in [6.45, 7) is 5.80. The van der Waals surface area contributed by atoms with Crippen molar-refractivity contribution in [1.29, 1.82) is 0 Å². The maximum atomic E-state index is 14.7. The molecule has 430 valence electrons. The van der Waals surface area contributed by atoms with Crippen molar-refractivity contribution < 1.29 is 119 Å². The van der Waals surface area contributed by atoms with E-state index in [-0.39, 0.29) is 53.5 Å². The minimum atomic E-state index is -1.92. The van der Waals surface area contributed by atoms with Gasteiger partial charge in [0.2, 0.25) is 0 Å². The van der Waals surface area contributed by atoms with Crippen molar-refractivity contribution in [2.24, 2.45) is 46.3 Å². The van der Waals surface area contributed by atoms with Gasteiger partial charge >= 0.3 is 0 Å². The molecule has 4 saturated heterocycles. The van der Waals surface area contributed by atoms with Gasteiger partial charge in [0.25, 0.3) is 0 Å². The quantitative estimate of drug-likeness (QED) is 0.0659. The lowest BCUT2D eigenvalue weighted by atomic mass is 9.44. The Morgan fingerprint density at radius 1 is 0.600 bits per heavy atom. The number of fused-ring (bicyclic) bond motifs is 7. The van der Waals surface area contributed by atoms with Crippen molar-refractivity contribution in [3.63, 3.8) is 0 Å². The fourth-order valence-corrected chi connectivity index (χ4v) is 14.9. The van der Waals surface area contributed by atoms with Crippen LogP contribution in [0.3, 0.4) is 0 Å². The number of hydrogen-bond acceptors (Lipinski definition) is 24. The van der Waals surface area contributed by atoms with Gasteiger partial charge in [-0.2, -0.15) is 0 Å². The Kier molecular flexibility index (Phi) is 17.8. The van der Waals surface area contributed by atoms with Crippen LogP contribution in [-0.4, -0.2) is 245 Å². The van der Waals surface area contributed by atoms with E-state index < -0.39 is 161 Å². The smallest absolute Gasteiger partial charge is 0.187 e. The molecule has 9 rings (SSSR count). The number of carbonyl (C=O) groups excluding carboxylic acids is 1. The number of aliphatic hydroxyl groups excluding tert-OH is 14. The Bertz CT molecular complexity index is 1980. The topological polar surface area (TPSA) is 383 Å². The Morgan fingerprint density at radius 3 is 1.77 bits per heavy atom. The van der Waals surface area contributed by atoms with Crippen molar-refractivity contribution in [2.75, 3.05) is 33.0 Å². The van der Waals surface area contributed by atoms with E-state index in [0.29, 0.717) is 38.0 Å². The molecule has 4 aliphatic carbocycles. The zero-order valence-electron chi connectivity index (χ0n) is 42.9. The third-order valence-electron chi connectivity index (χ3n) is 19.4. The number of aliphatic hydroxyl groups is 14. The minimum Gasteiger partial charge on any atom is -0.494 e. The van der Waals surface area contributed by atoms with Crippen LogP contribution in [0, 0.1) is 46.3 Å². The lowest BCUT2D eigenvalue weighted by molar-refractivity contribution is -0.390. The van der Waals surface area contributed by atoms with Crippen molar-refractivity contribution >= 4 is 5.78 Å². The monoisotopic (exact) mass is 1080 g/mol. The molecular formula is C51H82O24. The number of carbonyl (C=O) groups is 1. The summed E-state index contributed by atoms with van der Waals surface area (Å²) in [5, 5.41) is 147. The van der Waals surface area contributed by atoms with E-state index in [1.165, 1.54) is 0 Å². The average molecular weight is 1080 g/mol. The zero-order valence-corrected chi connectivity index (χ0v) is 42.9. The molecule has 5 aliphatic heterocycles. The number of allylic oxidation sites excluding steroid dienone is 1. The zero-order chi connectivity index (χ0) is 54.2. The molecular weight excluding hydrogens is 997 g/mol. The summed E-state index contributed by atoms with van der Waals surface area (Å²) in [5.74, 6) is 1.88. The van der Waals surface area contributed by atoms with Crippen molar-refractivity contribution in [3.8, 4) is 0 Å². The van der Waals surface area contributed by atoms with Gasteiger partial charge in [0.15, 0.2) is 25.2 Å². The fourth-order valence-electron chi connectivity index (χ4n) is 14.9. The first-order valence-corrected chi connectivity index (χ1v) is 26.9. The first-order valence-electron chi connectivity index (χ1n) is 26.9. The number of rotatable bonds is 16. The highest BCUT2D eigenvalue weighted by Crippen LogP contribution is 2.69. The molecule has 24 heteroatoms. The van der Waals surface area contributed by atoms with E-state index in [1.54, 1.807) is 0 Å². The Balaban J connectivity index is 0.798. The summed E-state index contributed by atoms with van der Waals surface area (Å²) < 4.78 is 53.4. The predicted octanol–water partition coefficient (Wildman–Crippen LogP) is -3.83. The van der Waals surface area contributed by atoms with Crippen LogP contribution < -0.4 is 0 Å². The van der Waals surface area contributed by atoms with Crippen LogP contribution in [0.1, 0.15) is 85.5 Å². The number of Topliss-reactive ketones (excluding diaryl/α,β-unsaturated/α-hetero) is 1. The van der Waals surface area contributed by atoms with Gasteiger partial charge in [0.1, 0.15) is 110 Å². The standard InChI is InChI=1S/C51H82O24/c1-19(18-67-46-41(64)37(60)34(57)28(14-52)70-46)5-8-26-20(2)33-27(69-26)12-25-23-7-6-21-11-22(9-10-50(21,3)24(23)13-32(56)51(25,33)4)68-47-43(66)40(63)44(31(17-55)73-47)74-49-45(39(62)36(59)30(16-54)72-49)75-48-42(65)38(61)35(58)29(15-53)71-48/h19,21-25,27-31,33-49,52-55,57-66H,5-18H2,1-4H3/t19-,21+,22+,23-,24+,25+,27+,28-,29+,30-,31-,33+,34-,35-,36-,37+,38-,39+,40-,41-,42+,43-,44+,45-,46-,47-,48-,49+,50+,51-/m0/s1. The van der Waals surface area contributed by atoms with E-state index in [9.17, 15) is 76.3 Å². The van der Waals surface area contributed by atoms with Gasteiger partial charge < -0.3 is 114 Å². The minimum absolute atomic E-state index is 0.00169. The van der Waals surface area contributed by atoms with E-state index in [1.807, 2.05) is 6.92 Å². The van der Waals surface area contributed by atoms with Crippen LogP contribution in [-0.2, 0) is 47.4 Å². The molecule has 9 aliphatic rings. The van der Waals surface area contributed by atoms with Crippen LogP contribution in [0.5, 0.6) is 0 Å². The van der Waals surface area contributed by atoms with Gasteiger partial charge in [-0.15, -0.1) is 0 Å². The van der Waals surface area contributed by atoms with Gasteiger partial charge in [-0.1, -0.05) is 20.8 Å². The first-order chi connectivity index (χ1) is 35.6. The molecule has 5 heterocycles. The third-order valence-corrected chi connectivity index (χ3v) is 19.4. The molecule has 75 heavy (non-hydrogen) atoms. The molecule has 0 radical (unpaired) electrons. The van der Waals surface area contributed by atoms with Crippen molar-refractivity contribution in [1.82, 2.24) is 0 Å². The number of hydrogen-bond donors (Lipinski definition) is 14. The lowest BCUT2D eigenvalue weighted by Gasteiger charge is -2.60. The molecule has 14 N–H and O–H groups in total. The SMILES string of the molecule is CC1=C(CC[C@H](C)CO[C@H]2O[C@@H](CO)[C@H](O)[C@@H](O)[C@@H]2O)O[C@@H]2C[C@@H]3[C@H]4CC[C@@H]5C[C@H](O[C@H]6O[C@@H](CO)[C@@H](O[C@H]7O[C@@H](CO)[C@H](O)[C@@H](O)[C@@H]7O[C@@H]7O[C@H](CO)[C@H](O)[C@H](O)[C@H]7O)[C@@H](O)[C@@H]6O)CC[C@@]5(C)[C@@H]4CC(=O)[C@@]3(C)[C@H]12. The van der Waals surface area contributed by atoms with E-state index in [2.05, 4.69) is 20.8 Å². The van der Waals surface area contributed by atoms with Crippen LogP contribution in [0.2, 0.25) is 0 Å². The summed E-state index contributed by atoms with van der Waals surface area (Å²) in [6.07, 6.45) is -26.4. The highest BCUT2D eigenvalue weighted by molar-refractivity contribution is 5.87. The molecule has 0 aromatic carbocycles. The number of ether oxygens (including phenoxy) is 9. The summed E-state index contributed by atoms with van der Waals surface area (Å²) >= 11 is 0. The number of ketones is 1. The molecule has 0 unspecified atom stereocenters. The Morgan fingerprint density at radius 2 is 1.13 bits per heavy atom. The molecule has 0 bridgehead atoms. The predicted molar refractivity (Wildman–Crippen MR) is 251 cm³/mol. The Hall–Kier alpha value is -1.67. The fraction of sp³-hybridized carbons (Fsp3) is 0.941. The van der Waals surface area contributed by atoms with Crippen LogP contribution in [0.25, 0.3) is 0 Å². The van der Waals surface area contributed by atoms with Crippen LogP contribution >= 0.6 is 0 Å². The van der Waals surface area contributed by atoms with Gasteiger partial charge in [0, 0.05) is 24.2 Å². The van der Waals surface area contributed by atoms with Crippen LogP contribution in [0.15, 0.2) is 11.3 Å². The summed E-state index contributed by atoms with van der Waals surface area (Å²) in [4.78, 5) is 14.7. The highest BCUT2D eigenvalue weighted by atomic mass is 16.8. The molecule has 0 amide bonds. The molecule has 30 atom stereocenters. The van der Waals surface area contributed by atoms with Gasteiger partial charge in [-0.25, -0.2) is 0 Å². The molecule has 0 aromatic heterocycles. The van der Waals surface area contributed by atoms with Gasteiger partial charge in [-0.05, 0) is 92.4 Å². The van der Waals surface area contributed by atoms with Crippen molar-refractivity contribution in [2.45, 2.75) is 221 Å². The second-order valence-electron chi connectivity index (χ2n) is 23.6. The molecule has 8 fully saturated rings. The van der Waals surface area contributed by atoms with Crippen molar-refractivity contribution in [3.05, 3.63) is 11.3 Å². The Labute approximate surface area is 435 Å². The normalized spacial score (nSPS) is 52.4. The third kappa shape index (κ3) is 10.4. The highest BCUT2D eigenvalue weighted by Gasteiger charge is 2.68. The lowest BCUT2D eigenvalue weighted by Crippen LogP contribution is -2.67. The van der Waals surface area contributed by atoms with Crippen LogP contribution in [0.4, 0.5) is 0 Å². The summed E-state index contributed by atoms with van der Waals surface area (Å²) in [6, 6.07) is 0. The molecule has 0 aromatic rings. The largest absolute Gasteiger partial charge is 0.494 e. The van der Waals surface area contributed by atoms with E-state index >= 15 is 0 Å². The maximum Gasteiger partial charge on any atom is 0.187 e. The van der Waals surface area contributed by atoms with E-state index in [4.69, 9.17) is 42.6 Å². The molecule has 4 saturated carbocycles. The molecule has 24 nitrogen and oxygen atoms in total. The summed E-state index contributed by atoms with van der Waals surface area (Å²) in [5.41, 5.74) is 0.345.